The maximum atomic E-state index is 3.64. The summed E-state index contributed by atoms with van der Waals surface area (Å²) in [6.45, 7) is 12.1. The summed E-state index contributed by atoms with van der Waals surface area (Å²) in [5.41, 5.74) is 0. The lowest BCUT2D eigenvalue weighted by Gasteiger charge is -2.27. The molecule has 1 unspecified atom stereocenters. The van der Waals surface area contributed by atoms with Crippen molar-refractivity contribution in [2.24, 2.45) is 5.92 Å². The Kier molecular flexibility index (Phi) is 9.54. The lowest BCUT2D eigenvalue weighted by atomic mass is 10.1. The molecule has 1 aliphatic rings. The van der Waals surface area contributed by atoms with Gasteiger partial charge in [0.25, 0.3) is 0 Å². The molecule has 0 amide bonds. The first-order chi connectivity index (χ1) is 9.22. The van der Waals surface area contributed by atoms with Gasteiger partial charge in [-0.1, -0.05) is 52.9 Å². The molecular weight excluding hydrogens is 232 g/mol. The quantitative estimate of drug-likeness (QED) is 0.569. The molecule has 0 spiro atoms. The molecule has 19 heavy (non-hydrogen) atoms. The Bertz CT molecular complexity index is 197. The molecule has 0 aliphatic carbocycles. The fraction of sp³-hybridized carbons (Fsp3) is 1.00. The standard InChI is InChI=1S/C17H36N2/c1-4-5-6-7-8-9-13-19(14-16(2)3)15-17-11-10-12-18-17/h16-18H,4-15H2,1-3H3. The highest BCUT2D eigenvalue weighted by Gasteiger charge is 2.18. The van der Waals surface area contributed by atoms with Crippen molar-refractivity contribution in [1.29, 1.82) is 0 Å². The van der Waals surface area contributed by atoms with Gasteiger partial charge in [-0.05, 0) is 38.3 Å². The fourth-order valence-electron chi connectivity index (χ4n) is 3.11. The summed E-state index contributed by atoms with van der Waals surface area (Å²) >= 11 is 0. The van der Waals surface area contributed by atoms with E-state index in [1.54, 1.807) is 0 Å². The summed E-state index contributed by atoms with van der Waals surface area (Å²) in [5, 5.41) is 3.64. The van der Waals surface area contributed by atoms with Crippen molar-refractivity contribution in [3.8, 4) is 0 Å². The molecule has 1 aliphatic heterocycles. The molecule has 114 valence electrons. The molecule has 0 saturated carbocycles. The zero-order chi connectivity index (χ0) is 13.9. The van der Waals surface area contributed by atoms with Crippen LogP contribution in [0.5, 0.6) is 0 Å². The molecule has 1 atom stereocenters. The number of nitrogens with zero attached hydrogens (tertiary/aromatic N) is 1. The van der Waals surface area contributed by atoms with Gasteiger partial charge in [0.05, 0.1) is 0 Å². The second kappa shape index (κ2) is 10.7. The van der Waals surface area contributed by atoms with Crippen LogP contribution >= 0.6 is 0 Å². The predicted molar refractivity (Wildman–Crippen MR) is 85.7 cm³/mol. The largest absolute Gasteiger partial charge is 0.313 e. The van der Waals surface area contributed by atoms with E-state index in [1.165, 1.54) is 77.5 Å². The van der Waals surface area contributed by atoms with E-state index in [0.717, 1.165) is 12.0 Å². The Morgan fingerprint density at radius 2 is 1.84 bits per heavy atom. The second-order valence-electron chi connectivity index (χ2n) is 6.71. The van der Waals surface area contributed by atoms with Gasteiger partial charge in [-0.15, -0.1) is 0 Å². The molecular formula is C17H36N2. The van der Waals surface area contributed by atoms with E-state index in [1.807, 2.05) is 0 Å². The van der Waals surface area contributed by atoms with Gasteiger partial charge >= 0.3 is 0 Å². The molecule has 0 radical (unpaired) electrons. The topological polar surface area (TPSA) is 15.3 Å². The molecule has 1 rings (SSSR count). The lowest BCUT2D eigenvalue weighted by molar-refractivity contribution is 0.219. The van der Waals surface area contributed by atoms with Crippen molar-refractivity contribution in [2.75, 3.05) is 26.2 Å². The van der Waals surface area contributed by atoms with Crippen LogP contribution < -0.4 is 5.32 Å². The van der Waals surface area contributed by atoms with Crippen LogP contribution in [0.3, 0.4) is 0 Å². The van der Waals surface area contributed by atoms with Crippen LogP contribution in [0.4, 0.5) is 0 Å². The van der Waals surface area contributed by atoms with Crippen LogP contribution in [0.2, 0.25) is 0 Å². The van der Waals surface area contributed by atoms with Gasteiger partial charge in [0, 0.05) is 19.1 Å². The normalized spacial score (nSPS) is 19.7. The van der Waals surface area contributed by atoms with Crippen molar-refractivity contribution < 1.29 is 0 Å². The average Bonchev–Trinajstić information content (AvgIpc) is 2.85. The van der Waals surface area contributed by atoms with E-state index in [9.17, 15) is 0 Å². The Hall–Kier alpha value is -0.0800. The summed E-state index contributed by atoms with van der Waals surface area (Å²) in [4.78, 5) is 2.70. The summed E-state index contributed by atoms with van der Waals surface area (Å²) in [6.07, 6.45) is 11.2. The van der Waals surface area contributed by atoms with Gasteiger partial charge in [-0.25, -0.2) is 0 Å². The van der Waals surface area contributed by atoms with Crippen molar-refractivity contribution in [3.05, 3.63) is 0 Å². The van der Waals surface area contributed by atoms with E-state index in [4.69, 9.17) is 0 Å². The van der Waals surface area contributed by atoms with E-state index in [0.29, 0.717) is 0 Å². The first kappa shape index (κ1) is 17.0. The van der Waals surface area contributed by atoms with Crippen LogP contribution in [0.1, 0.15) is 72.1 Å². The van der Waals surface area contributed by atoms with Crippen LogP contribution in [0.25, 0.3) is 0 Å². The van der Waals surface area contributed by atoms with Gasteiger partial charge in [0.2, 0.25) is 0 Å². The van der Waals surface area contributed by atoms with Gasteiger partial charge in [-0.2, -0.15) is 0 Å². The highest BCUT2D eigenvalue weighted by molar-refractivity contribution is 4.78. The first-order valence-electron chi connectivity index (χ1n) is 8.68. The Labute approximate surface area is 121 Å². The molecule has 0 bridgehead atoms. The van der Waals surface area contributed by atoms with Crippen LogP contribution in [0, 0.1) is 5.92 Å². The van der Waals surface area contributed by atoms with E-state index >= 15 is 0 Å². The van der Waals surface area contributed by atoms with Crippen molar-refractivity contribution in [3.63, 3.8) is 0 Å². The highest BCUT2D eigenvalue weighted by atomic mass is 15.2. The predicted octanol–water partition coefficient (Wildman–Crippen LogP) is 4.06. The molecule has 1 saturated heterocycles. The number of hydrogen-bond donors (Lipinski definition) is 1. The smallest absolute Gasteiger partial charge is 0.0195 e. The van der Waals surface area contributed by atoms with Gasteiger partial charge in [0.1, 0.15) is 0 Å². The van der Waals surface area contributed by atoms with E-state index < -0.39 is 0 Å². The Morgan fingerprint density at radius 1 is 1.11 bits per heavy atom. The van der Waals surface area contributed by atoms with Crippen molar-refractivity contribution in [2.45, 2.75) is 78.2 Å². The minimum Gasteiger partial charge on any atom is -0.313 e. The fourth-order valence-corrected chi connectivity index (χ4v) is 3.11. The van der Waals surface area contributed by atoms with Crippen molar-refractivity contribution >= 4 is 0 Å². The monoisotopic (exact) mass is 268 g/mol. The molecule has 2 nitrogen and oxygen atoms in total. The molecule has 1 heterocycles. The summed E-state index contributed by atoms with van der Waals surface area (Å²) in [7, 11) is 0. The second-order valence-corrected chi connectivity index (χ2v) is 6.71. The van der Waals surface area contributed by atoms with Gasteiger partial charge < -0.3 is 10.2 Å². The zero-order valence-corrected chi connectivity index (χ0v) is 13.6. The van der Waals surface area contributed by atoms with Crippen LogP contribution in [-0.4, -0.2) is 37.1 Å². The molecule has 2 heteroatoms. The highest BCUT2D eigenvalue weighted by Crippen LogP contribution is 2.11. The molecule has 0 aromatic heterocycles. The minimum absolute atomic E-state index is 0.763. The first-order valence-corrected chi connectivity index (χ1v) is 8.68. The summed E-state index contributed by atoms with van der Waals surface area (Å²) in [5.74, 6) is 0.793. The third kappa shape index (κ3) is 8.65. The number of nitrogens with one attached hydrogen (secondary N) is 1. The Morgan fingerprint density at radius 3 is 2.47 bits per heavy atom. The third-order valence-electron chi connectivity index (χ3n) is 4.09. The van der Waals surface area contributed by atoms with Crippen LogP contribution in [0.15, 0.2) is 0 Å². The minimum atomic E-state index is 0.763. The molecule has 1 fully saturated rings. The van der Waals surface area contributed by atoms with Crippen LogP contribution in [-0.2, 0) is 0 Å². The lowest BCUT2D eigenvalue weighted by Crippen LogP contribution is -2.39. The van der Waals surface area contributed by atoms with Crippen molar-refractivity contribution in [1.82, 2.24) is 10.2 Å². The molecule has 1 N–H and O–H groups in total. The number of unbranched alkanes of at least 4 members (excludes halogenated alkanes) is 5. The van der Waals surface area contributed by atoms with Gasteiger partial charge in [0.15, 0.2) is 0 Å². The SMILES string of the molecule is CCCCCCCCN(CC(C)C)CC1CCCN1. The number of hydrogen-bond acceptors (Lipinski definition) is 2. The maximum absolute atomic E-state index is 3.64. The molecule has 0 aromatic carbocycles. The number of rotatable bonds is 11. The summed E-state index contributed by atoms with van der Waals surface area (Å²) < 4.78 is 0. The summed E-state index contributed by atoms with van der Waals surface area (Å²) in [6, 6.07) is 0.763. The maximum Gasteiger partial charge on any atom is 0.0195 e. The average molecular weight is 268 g/mol. The Balaban J connectivity index is 2.13. The zero-order valence-electron chi connectivity index (χ0n) is 13.6. The third-order valence-corrected chi connectivity index (χ3v) is 4.09. The van der Waals surface area contributed by atoms with Gasteiger partial charge in [-0.3, -0.25) is 0 Å². The molecule has 0 aromatic rings. The van der Waals surface area contributed by atoms with E-state index in [-0.39, 0.29) is 0 Å². The van der Waals surface area contributed by atoms with E-state index in [2.05, 4.69) is 31.0 Å².